The van der Waals surface area contributed by atoms with Gasteiger partial charge >= 0.3 is 0 Å². The van der Waals surface area contributed by atoms with Crippen LogP contribution in [0, 0.1) is 6.92 Å². The molecular weight excluding hydrogens is 302 g/mol. The van der Waals surface area contributed by atoms with Crippen LogP contribution in [-0.2, 0) is 10.0 Å². The third kappa shape index (κ3) is 5.10. The summed E-state index contributed by atoms with van der Waals surface area (Å²) < 4.78 is 25.2. The quantitative estimate of drug-likeness (QED) is 0.843. The molecule has 1 aliphatic carbocycles. The lowest BCUT2D eigenvalue weighted by Gasteiger charge is -2.29. The summed E-state index contributed by atoms with van der Waals surface area (Å²) >= 11 is 0. The summed E-state index contributed by atoms with van der Waals surface area (Å²) in [6.07, 6.45) is 4.75. The van der Waals surface area contributed by atoms with E-state index in [2.05, 4.69) is 20.0 Å². The zero-order chi connectivity index (χ0) is 16.3. The molecule has 0 radical (unpaired) electrons. The van der Waals surface area contributed by atoms with E-state index in [1.54, 1.807) is 0 Å². The molecule has 1 aliphatic rings. The topological polar surface area (TPSA) is 87.2 Å². The molecule has 2 N–H and O–H groups in total. The van der Waals surface area contributed by atoms with Crippen molar-refractivity contribution in [2.24, 2.45) is 0 Å². The number of anilines is 2. The molecule has 1 fully saturated rings. The van der Waals surface area contributed by atoms with Crippen LogP contribution in [0.1, 0.15) is 31.5 Å². The van der Waals surface area contributed by atoms with Crippen molar-refractivity contribution in [3.05, 3.63) is 11.9 Å². The Hall–Kier alpha value is -1.41. The molecule has 1 saturated carbocycles. The number of sulfonamides is 1. The average molecular weight is 327 g/mol. The number of rotatable bonds is 5. The van der Waals surface area contributed by atoms with Gasteiger partial charge in [0, 0.05) is 32.2 Å². The Balaban J connectivity index is 1.93. The van der Waals surface area contributed by atoms with Gasteiger partial charge in [0.2, 0.25) is 10.0 Å². The minimum atomic E-state index is -3.12. The van der Waals surface area contributed by atoms with Crippen LogP contribution in [0.3, 0.4) is 0 Å². The van der Waals surface area contributed by atoms with E-state index >= 15 is 0 Å². The van der Waals surface area contributed by atoms with E-state index in [4.69, 9.17) is 0 Å². The summed E-state index contributed by atoms with van der Waals surface area (Å²) in [7, 11) is 0.787. The molecule has 1 aromatic heterocycles. The minimum absolute atomic E-state index is 0.0533. The standard InChI is InChI=1S/C14H25N5O2S/c1-10-15-13(9-14(16-10)19(2)3)17-11-5-7-12(8-6-11)18-22(4,20)21/h9,11-12,18H,5-8H2,1-4H3,(H,15,16,17). The highest BCUT2D eigenvalue weighted by molar-refractivity contribution is 7.88. The molecule has 0 bridgehead atoms. The van der Waals surface area contributed by atoms with Gasteiger partial charge in [-0.05, 0) is 32.6 Å². The first-order chi connectivity index (χ1) is 10.2. The second-order valence-electron chi connectivity index (χ2n) is 6.14. The molecule has 0 aromatic carbocycles. The van der Waals surface area contributed by atoms with Crippen LogP contribution < -0.4 is 14.9 Å². The van der Waals surface area contributed by atoms with Crippen LogP contribution >= 0.6 is 0 Å². The summed E-state index contributed by atoms with van der Waals surface area (Å²) in [5.41, 5.74) is 0. The van der Waals surface area contributed by atoms with Crippen molar-refractivity contribution in [3.8, 4) is 0 Å². The van der Waals surface area contributed by atoms with Crippen molar-refractivity contribution in [3.63, 3.8) is 0 Å². The van der Waals surface area contributed by atoms with E-state index in [-0.39, 0.29) is 6.04 Å². The predicted molar refractivity (Wildman–Crippen MR) is 88.7 cm³/mol. The van der Waals surface area contributed by atoms with Gasteiger partial charge in [-0.25, -0.2) is 23.1 Å². The molecule has 124 valence electrons. The molecule has 1 heterocycles. The van der Waals surface area contributed by atoms with Gasteiger partial charge in [0.15, 0.2) is 0 Å². The zero-order valence-electron chi connectivity index (χ0n) is 13.6. The third-order valence-corrected chi connectivity index (χ3v) is 4.50. The SMILES string of the molecule is Cc1nc(NC2CCC(NS(C)(=O)=O)CC2)cc(N(C)C)n1. The van der Waals surface area contributed by atoms with Crippen LogP contribution in [0.15, 0.2) is 6.07 Å². The van der Waals surface area contributed by atoms with Gasteiger partial charge in [0.25, 0.3) is 0 Å². The fourth-order valence-electron chi connectivity index (χ4n) is 2.72. The molecule has 8 heteroatoms. The van der Waals surface area contributed by atoms with Crippen LogP contribution in [0.2, 0.25) is 0 Å². The number of aromatic nitrogens is 2. The first-order valence-electron chi connectivity index (χ1n) is 7.50. The molecule has 1 aromatic rings. The van der Waals surface area contributed by atoms with Crippen molar-refractivity contribution in [2.75, 3.05) is 30.6 Å². The number of hydrogen-bond donors (Lipinski definition) is 2. The highest BCUT2D eigenvalue weighted by atomic mass is 32.2. The van der Waals surface area contributed by atoms with E-state index in [0.717, 1.165) is 43.1 Å². The van der Waals surface area contributed by atoms with Gasteiger partial charge < -0.3 is 10.2 Å². The second-order valence-corrected chi connectivity index (χ2v) is 7.92. The summed E-state index contributed by atoms with van der Waals surface area (Å²) in [4.78, 5) is 10.8. The van der Waals surface area contributed by atoms with Crippen LogP contribution in [0.4, 0.5) is 11.6 Å². The van der Waals surface area contributed by atoms with Crippen LogP contribution in [0.25, 0.3) is 0 Å². The third-order valence-electron chi connectivity index (χ3n) is 3.74. The molecule has 22 heavy (non-hydrogen) atoms. The van der Waals surface area contributed by atoms with Crippen LogP contribution in [-0.4, -0.2) is 50.8 Å². The number of nitrogens with zero attached hydrogens (tertiary/aromatic N) is 3. The van der Waals surface area contributed by atoms with Gasteiger partial charge in [-0.3, -0.25) is 0 Å². The van der Waals surface area contributed by atoms with Gasteiger partial charge in [0.05, 0.1) is 6.26 Å². The van der Waals surface area contributed by atoms with Crippen LogP contribution in [0.5, 0.6) is 0 Å². The first kappa shape index (κ1) is 17.0. The maximum Gasteiger partial charge on any atom is 0.208 e. The smallest absolute Gasteiger partial charge is 0.208 e. The monoisotopic (exact) mass is 327 g/mol. The van der Waals surface area contributed by atoms with Gasteiger partial charge in [-0.2, -0.15) is 0 Å². The van der Waals surface area contributed by atoms with Crippen molar-refractivity contribution >= 4 is 21.7 Å². The Morgan fingerprint density at radius 2 is 1.73 bits per heavy atom. The largest absolute Gasteiger partial charge is 0.367 e. The van der Waals surface area contributed by atoms with E-state index < -0.39 is 10.0 Å². The molecule has 0 unspecified atom stereocenters. The molecule has 0 spiro atoms. The molecule has 0 amide bonds. The second kappa shape index (κ2) is 6.78. The predicted octanol–water partition coefficient (Wildman–Crippen LogP) is 1.12. The fourth-order valence-corrected chi connectivity index (χ4v) is 3.56. The lowest BCUT2D eigenvalue weighted by atomic mass is 9.92. The number of nitrogens with one attached hydrogen (secondary N) is 2. The molecular formula is C14H25N5O2S. The van der Waals surface area contributed by atoms with E-state index in [1.807, 2.05) is 32.0 Å². The lowest BCUT2D eigenvalue weighted by Crippen LogP contribution is -2.39. The molecule has 0 saturated heterocycles. The van der Waals surface area contributed by atoms with E-state index in [9.17, 15) is 8.42 Å². The van der Waals surface area contributed by atoms with Gasteiger partial charge in [-0.15, -0.1) is 0 Å². The molecule has 7 nitrogen and oxygen atoms in total. The summed E-state index contributed by atoms with van der Waals surface area (Å²) in [6.45, 7) is 1.88. The lowest BCUT2D eigenvalue weighted by molar-refractivity contribution is 0.387. The number of aryl methyl sites for hydroxylation is 1. The highest BCUT2D eigenvalue weighted by Gasteiger charge is 2.23. The Bertz CT molecular complexity index is 610. The highest BCUT2D eigenvalue weighted by Crippen LogP contribution is 2.23. The summed E-state index contributed by atoms with van der Waals surface area (Å²) in [6, 6.07) is 2.31. The summed E-state index contributed by atoms with van der Waals surface area (Å²) in [5, 5.41) is 3.45. The van der Waals surface area contributed by atoms with E-state index in [1.165, 1.54) is 6.26 Å². The maximum absolute atomic E-state index is 11.3. The fraction of sp³-hybridized carbons (Fsp3) is 0.714. The molecule has 2 rings (SSSR count). The maximum atomic E-state index is 11.3. The Morgan fingerprint density at radius 1 is 1.14 bits per heavy atom. The Morgan fingerprint density at radius 3 is 2.27 bits per heavy atom. The van der Waals surface area contributed by atoms with Crippen molar-refractivity contribution < 1.29 is 8.42 Å². The average Bonchev–Trinajstić information content (AvgIpc) is 2.38. The van der Waals surface area contributed by atoms with Gasteiger partial charge in [-0.1, -0.05) is 0 Å². The Labute approximate surface area is 132 Å². The van der Waals surface area contributed by atoms with Gasteiger partial charge in [0.1, 0.15) is 17.5 Å². The molecule has 0 aliphatic heterocycles. The summed E-state index contributed by atoms with van der Waals surface area (Å²) in [5.74, 6) is 2.44. The van der Waals surface area contributed by atoms with Crippen molar-refractivity contribution in [1.29, 1.82) is 0 Å². The van der Waals surface area contributed by atoms with Crippen molar-refractivity contribution in [1.82, 2.24) is 14.7 Å². The number of hydrogen-bond acceptors (Lipinski definition) is 6. The normalized spacial score (nSPS) is 22.4. The van der Waals surface area contributed by atoms with Crippen molar-refractivity contribution in [2.45, 2.75) is 44.7 Å². The zero-order valence-corrected chi connectivity index (χ0v) is 14.4. The van der Waals surface area contributed by atoms with E-state index in [0.29, 0.717) is 6.04 Å². The minimum Gasteiger partial charge on any atom is -0.367 e. The molecule has 0 atom stereocenters. The first-order valence-corrected chi connectivity index (χ1v) is 9.39. The Kier molecular flexibility index (Phi) is 5.23.